The van der Waals surface area contributed by atoms with Gasteiger partial charge in [0, 0.05) is 32.6 Å². The highest BCUT2D eigenvalue weighted by atomic mass is 19.4. The van der Waals surface area contributed by atoms with Crippen molar-refractivity contribution < 1.29 is 18.0 Å². The van der Waals surface area contributed by atoms with E-state index in [0.717, 1.165) is 19.3 Å². The van der Waals surface area contributed by atoms with Gasteiger partial charge in [-0.05, 0) is 19.3 Å². The quantitative estimate of drug-likeness (QED) is 0.378. The molecule has 0 radical (unpaired) electrons. The summed E-state index contributed by atoms with van der Waals surface area (Å²) in [6, 6.07) is 0. The first-order chi connectivity index (χ1) is 9.92. The first-order valence-electron chi connectivity index (χ1n) is 7.21. The normalized spacial score (nSPS) is 16.3. The summed E-state index contributed by atoms with van der Waals surface area (Å²) in [4.78, 5) is 15.4. The smallest absolute Gasteiger partial charge is 0.356 e. The van der Waals surface area contributed by atoms with Crippen LogP contribution < -0.4 is 16.0 Å². The number of alkyl halides is 3. The number of amides is 1. The van der Waals surface area contributed by atoms with E-state index < -0.39 is 12.6 Å². The van der Waals surface area contributed by atoms with Gasteiger partial charge in [-0.15, -0.1) is 0 Å². The first-order valence-corrected chi connectivity index (χ1v) is 7.21. The van der Waals surface area contributed by atoms with Gasteiger partial charge in [0.15, 0.2) is 5.96 Å². The summed E-state index contributed by atoms with van der Waals surface area (Å²) in [5.74, 6) is 0.619. The van der Waals surface area contributed by atoms with Gasteiger partial charge >= 0.3 is 6.18 Å². The lowest BCUT2D eigenvalue weighted by molar-refractivity contribution is -0.132. The van der Waals surface area contributed by atoms with Gasteiger partial charge in [-0.1, -0.05) is 6.42 Å². The van der Waals surface area contributed by atoms with Gasteiger partial charge in [-0.25, -0.2) is 0 Å². The van der Waals surface area contributed by atoms with E-state index in [1.54, 1.807) is 0 Å². The summed E-state index contributed by atoms with van der Waals surface area (Å²) in [6.45, 7) is 0.889. The van der Waals surface area contributed by atoms with Crippen LogP contribution in [-0.2, 0) is 4.79 Å². The van der Waals surface area contributed by atoms with Crippen molar-refractivity contribution in [1.82, 2.24) is 16.0 Å². The number of nitrogens with one attached hydrogen (secondary N) is 3. The Morgan fingerprint density at radius 2 is 1.76 bits per heavy atom. The molecule has 8 heteroatoms. The van der Waals surface area contributed by atoms with Gasteiger partial charge in [0.2, 0.25) is 5.91 Å². The maximum Gasteiger partial charge on any atom is 0.390 e. The highest BCUT2D eigenvalue weighted by molar-refractivity contribution is 5.80. The Morgan fingerprint density at radius 1 is 1.14 bits per heavy atom. The predicted molar refractivity (Wildman–Crippen MR) is 75.0 cm³/mol. The molecule has 0 atom stereocenters. The van der Waals surface area contributed by atoms with E-state index in [0.29, 0.717) is 25.5 Å². The number of hydrogen-bond acceptors (Lipinski definition) is 2. The van der Waals surface area contributed by atoms with Crippen molar-refractivity contribution in [1.29, 1.82) is 0 Å². The molecule has 1 rings (SSSR count). The van der Waals surface area contributed by atoms with Crippen molar-refractivity contribution in [3.8, 4) is 0 Å². The van der Waals surface area contributed by atoms with Crippen LogP contribution in [0.4, 0.5) is 13.2 Å². The van der Waals surface area contributed by atoms with Gasteiger partial charge in [0.25, 0.3) is 0 Å². The van der Waals surface area contributed by atoms with E-state index in [4.69, 9.17) is 0 Å². The highest BCUT2D eigenvalue weighted by Crippen LogP contribution is 2.25. The maximum absolute atomic E-state index is 12.0. The van der Waals surface area contributed by atoms with Crippen molar-refractivity contribution in [2.24, 2.45) is 10.9 Å². The molecular formula is C13H23F3N4O. The molecule has 0 saturated heterocycles. The lowest BCUT2D eigenvalue weighted by Gasteiger charge is -2.24. The Balaban J connectivity index is 2.02. The molecule has 0 aromatic heterocycles. The Hall–Kier alpha value is -1.47. The lowest BCUT2D eigenvalue weighted by Crippen LogP contribution is -2.40. The summed E-state index contributed by atoms with van der Waals surface area (Å²) >= 11 is 0. The van der Waals surface area contributed by atoms with Crippen molar-refractivity contribution in [2.45, 2.75) is 38.3 Å². The number of rotatable bonds is 7. The molecular weight excluding hydrogens is 285 g/mol. The van der Waals surface area contributed by atoms with E-state index >= 15 is 0 Å². The SMILES string of the molecule is CN=C(NCCCNC(=O)C1CCC1)NCCC(F)(F)F. The van der Waals surface area contributed by atoms with Crippen LogP contribution in [0.3, 0.4) is 0 Å². The number of nitrogens with zero attached hydrogens (tertiary/aromatic N) is 1. The molecule has 0 unspecified atom stereocenters. The second kappa shape index (κ2) is 8.74. The number of carbonyl (C=O) groups excluding carboxylic acids is 1. The molecule has 0 aromatic carbocycles. The summed E-state index contributed by atoms with van der Waals surface area (Å²) in [5.41, 5.74) is 0. The number of carbonyl (C=O) groups is 1. The fraction of sp³-hybridized carbons (Fsp3) is 0.846. The second-order valence-corrected chi connectivity index (χ2v) is 5.06. The molecule has 1 amide bonds. The molecule has 1 fully saturated rings. The van der Waals surface area contributed by atoms with E-state index in [1.807, 2.05) is 0 Å². The zero-order chi connectivity index (χ0) is 15.7. The largest absolute Gasteiger partial charge is 0.390 e. The average Bonchev–Trinajstić information content (AvgIpc) is 2.32. The Bertz CT molecular complexity index is 354. The third-order valence-electron chi connectivity index (χ3n) is 3.35. The molecule has 1 saturated carbocycles. The summed E-state index contributed by atoms with van der Waals surface area (Å²) < 4.78 is 36.0. The number of halogens is 3. The molecule has 5 nitrogen and oxygen atoms in total. The first kappa shape index (κ1) is 17.6. The number of guanidine groups is 1. The van der Waals surface area contributed by atoms with Gasteiger partial charge in [-0.2, -0.15) is 13.2 Å². The van der Waals surface area contributed by atoms with Crippen LogP contribution in [0.1, 0.15) is 32.1 Å². The van der Waals surface area contributed by atoms with Crippen LogP contribution in [0, 0.1) is 5.92 Å². The molecule has 0 aliphatic heterocycles. The lowest BCUT2D eigenvalue weighted by atomic mass is 9.85. The minimum absolute atomic E-state index is 0.105. The van der Waals surface area contributed by atoms with Crippen molar-refractivity contribution in [3.05, 3.63) is 0 Å². The van der Waals surface area contributed by atoms with Crippen molar-refractivity contribution in [3.63, 3.8) is 0 Å². The summed E-state index contributed by atoms with van der Waals surface area (Å²) in [5, 5.41) is 8.35. The molecule has 0 heterocycles. The van der Waals surface area contributed by atoms with Crippen LogP contribution in [0.5, 0.6) is 0 Å². The van der Waals surface area contributed by atoms with Crippen molar-refractivity contribution >= 4 is 11.9 Å². The van der Waals surface area contributed by atoms with Crippen LogP contribution in [0.15, 0.2) is 4.99 Å². The zero-order valence-electron chi connectivity index (χ0n) is 12.2. The monoisotopic (exact) mass is 308 g/mol. The Labute approximate surface area is 122 Å². The molecule has 122 valence electrons. The predicted octanol–water partition coefficient (Wildman–Crippen LogP) is 1.41. The minimum Gasteiger partial charge on any atom is -0.356 e. The fourth-order valence-electron chi connectivity index (χ4n) is 1.86. The third-order valence-corrected chi connectivity index (χ3v) is 3.35. The second-order valence-electron chi connectivity index (χ2n) is 5.06. The van der Waals surface area contributed by atoms with Crippen molar-refractivity contribution in [2.75, 3.05) is 26.7 Å². The number of aliphatic imine (C=N–C) groups is 1. The topological polar surface area (TPSA) is 65.5 Å². The van der Waals surface area contributed by atoms with E-state index in [-0.39, 0.29) is 18.4 Å². The van der Waals surface area contributed by atoms with E-state index in [1.165, 1.54) is 7.05 Å². The molecule has 1 aliphatic carbocycles. The molecule has 0 spiro atoms. The Kier molecular flexibility index (Phi) is 7.31. The fourth-order valence-corrected chi connectivity index (χ4v) is 1.86. The molecule has 3 N–H and O–H groups in total. The maximum atomic E-state index is 12.0. The van der Waals surface area contributed by atoms with Gasteiger partial charge in [0.05, 0.1) is 6.42 Å². The number of hydrogen-bond donors (Lipinski definition) is 3. The summed E-state index contributed by atoms with van der Waals surface area (Å²) in [7, 11) is 1.50. The van der Waals surface area contributed by atoms with Crippen LogP contribution in [0.2, 0.25) is 0 Å². The van der Waals surface area contributed by atoms with Crippen LogP contribution in [-0.4, -0.2) is 44.7 Å². The van der Waals surface area contributed by atoms with Gasteiger partial charge in [0.1, 0.15) is 0 Å². The zero-order valence-corrected chi connectivity index (χ0v) is 12.2. The highest BCUT2D eigenvalue weighted by Gasteiger charge is 2.26. The molecule has 1 aliphatic rings. The summed E-state index contributed by atoms with van der Waals surface area (Å²) in [6.07, 6.45) is -1.31. The Morgan fingerprint density at radius 3 is 2.29 bits per heavy atom. The van der Waals surface area contributed by atoms with Gasteiger partial charge < -0.3 is 16.0 Å². The molecule has 0 aromatic rings. The molecule has 21 heavy (non-hydrogen) atoms. The van der Waals surface area contributed by atoms with Gasteiger partial charge in [-0.3, -0.25) is 9.79 Å². The van der Waals surface area contributed by atoms with E-state index in [2.05, 4.69) is 20.9 Å². The van der Waals surface area contributed by atoms with Crippen LogP contribution in [0.25, 0.3) is 0 Å². The average molecular weight is 308 g/mol. The van der Waals surface area contributed by atoms with Crippen LogP contribution >= 0.6 is 0 Å². The third kappa shape index (κ3) is 7.77. The van der Waals surface area contributed by atoms with E-state index in [9.17, 15) is 18.0 Å². The molecule has 0 bridgehead atoms. The standard InChI is InChI=1S/C13H23F3N4O/c1-17-12(20-9-6-13(14,15)16)19-8-3-7-18-11(21)10-4-2-5-10/h10H,2-9H2,1H3,(H,18,21)(H2,17,19,20). The minimum atomic E-state index is -4.17.